The van der Waals surface area contributed by atoms with E-state index in [1.807, 2.05) is 36.5 Å². The van der Waals surface area contributed by atoms with Crippen LogP contribution in [-0.4, -0.2) is 42.1 Å². The van der Waals surface area contributed by atoms with Crippen molar-refractivity contribution >= 4 is 15.9 Å². The van der Waals surface area contributed by atoms with Crippen LogP contribution in [0.5, 0.6) is 0 Å². The number of nitrogens with one attached hydrogen (secondary N) is 1. The van der Waals surface area contributed by atoms with Crippen LogP contribution in [0, 0.1) is 0 Å². The van der Waals surface area contributed by atoms with Crippen molar-refractivity contribution in [2.45, 2.75) is 31.3 Å². The maximum atomic E-state index is 12.8. The number of hydrogen-bond acceptors (Lipinski definition) is 4. The number of para-hydroxylation sites is 1. The van der Waals surface area contributed by atoms with Crippen molar-refractivity contribution in [3.05, 3.63) is 78.1 Å². The molecule has 1 aromatic heterocycles. The number of rotatable bonds is 7. The average Bonchev–Trinajstić information content (AvgIpc) is 3.15. The number of amides is 1. The summed E-state index contributed by atoms with van der Waals surface area (Å²) in [5, 5.41) is 4.34. The molecule has 0 saturated heterocycles. The van der Waals surface area contributed by atoms with E-state index in [9.17, 15) is 13.2 Å². The Morgan fingerprint density at radius 1 is 1.14 bits per heavy atom. The van der Waals surface area contributed by atoms with Gasteiger partial charge in [0.25, 0.3) is 5.91 Å². The number of benzene rings is 2. The van der Waals surface area contributed by atoms with Gasteiger partial charge in [0.15, 0.2) is 0 Å². The first-order chi connectivity index (χ1) is 13.8. The van der Waals surface area contributed by atoms with Crippen molar-refractivity contribution in [3.63, 3.8) is 0 Å². The molecule has 0 unspecified atom stereocenters. The second kappa shape index (κ2) is 8.59. The van der Waals surface area contributed by atoms with E-state index in [4.69, 9.17) is 0 Å². The molecule has 0 saturated carbocycles. The number of carbonyl (C=O) groups excluding carboxylic acids is 1. The van der Waals surface area contributed by atoms with E-state index in [2.05, 4.69) is 9.82 Å². The van der Waals surface area contributed by atoms with Gasteiger partial charge in [-0.15, -0.1) is 0 Å². The maximum absolute atomic E-state index is 12.8. The summed E-state index contributed by atoms with van der Waals surface area (Å²) in [6.07, 6.45) is 3.58. The van der Waals surface area contributed by atoms with Gasteiger partial charge in [0, 0.05) is 37.0 Å². The van der Waals surface area contributed by atoms with Crippen molar-refractivity contribution in [1.29, 1.82) is 0 Å². The fourth-order valence-electron chi connectivity index (χ4n) is 2.90. The zero-order valence-corrected chi connectivity index (χ0v) is 17.4. The van der Waals surface area contributed by atoms with Crippen molar-refractivity contribution in [2.24, 2.45) is 0 Å². The highest BCUT2D eigenvalue weighted by molar-refractivity contribution is 7.89. The molecule has 0 radical (unpaired) electrons. The SMILES string of the molecule is CC(C)NS(=O)(=O)c1cccc(C(=O)N(C)Cc2cnn(-c3ccccc3)c2)c1. The molecule has 0 aliphatic heterocycles. The molecule has 0 aliphatic carbocycles. The van der Waals surface area contributed by atoms with Crippen molar-refractivity contribution in [1.82, 2.24) is 19.4 Å². The lowest BCUT2D eigenvalue weighted by molar-refractivity contribution is 0.0785. The lowest BCUT2D eigenvalue weighted by Crippen LogP contribution is -2.31. The first-order valence-corrected chi connectivity index (χ1v) is 10.7. The van der Waals surface area contributed by atoms with Gasteiger partial charge in [0.2, 0.25) is 10.0 Å². The smallest absolute Gasteiger partial charge is 0.253 e. The Morgan fingerprint density at radius 3 is 2.55 bits per heavy atom. The van der Waals surface area contributed by atoms with Gasteiger partial charge < -0.3 is 4.90 Å². The molecular formula is C21H24N4O3S. The summed E-state index contributed by atoms with van der Waals surface area (Å²) in [5.41, 5.74) is 2.12. The first-order valence-electron chi connectivity index (χ1n) is 9.23. The highest BCUT2D eigenvalue weighted by Gasteiger charge is 2.19. The van der Waals surface area contributed by atoms with Gasteiger partial charge in [0.05, 0.1) is 16.8 Å². The molecule has 8 heteroatoms. The second-order valence-corrected chi connectivity index (χ2v) is 8.81. The van der Waals surface area contributed by atoms with Crippen LogP contribution in [0.1, 0.15) is 29.8 Å². The third kappa shape index (κ3) is 5.10. The summed E-state index contributed by atoms with van der Waals surface area (Å²) >= 11 is 0. The van der Waals surface area contributed by atoms with Crippen LogP contribution in [0.25, 0.3) is 5.69 Å². The molecule has 29 heavy (non-hydrogen) atoms. The van der Waals surface area contributed by atoms with E-state index in [-0.39, 0.29) is 16.8 Å². The summed E-state index contributed by atoms with van der Waals surface area (Å²) in [7, 11) is -1.99. The van der Waals surface area contributed by atoms with Gasteiger partial charge >= 0.3 is 0 Å². The number of sulfonamides is 1. The van der Waals surface area contributed by atoms with Crippen LogP contribution in [0.15, 0.2) is 71.9 Å². The molecule has 0 fully saturated rings. The third-order valence-corrected chi connectivity index (χ3v) is 5.86. The van der Waals surface area contributed by atoms with Crippen LogP contribution in [0.3, 0.4) is 0 Å². The molecule has 1 heterocycles. The molecule has 0 atom stereocenters. The Balaban J connectivity index is 1.74. The summed E-state index contributed by atoms with van der Waals surface area (Å²) in [6.45, 7) is 3.85. The van der Waals surface area contributed by atoms with E-state index in [0.717, 1.165) is 11.3 Å². The number of aromatic nitrogens is 2. The Kier molecular flexibility index (Phi) is 6.14. The summed E-state index contributed by atoms with van der Waals surface area (Å²) in [6, 6.07) is 15.5. The predicted octanol–water partition coefficient (Wildman–Crippen LogP) is 2.83. The second-order valence-electron chi connectivity index (χ2n) is 7.09. The molecule has 7 nitrogen and oxygen atoms in total. The largest absolute Gasteiger partial charge is 0.337 e. The zero-order chi connectivity index (χ0) is 21.0. The molecular weight excluding hydrogens is 388 g/mol. The molecule has 0 bridgehead atoms. The van der Waals surface area contributed by atoms with Crippen LogP contribution in [0.2, 0.25) is 0 Å². The summed E-state index contributed by atoms with van der Waals surface area (Å²) < 4.78 is 29.0. The highest BCUT2D eigenvalue weighted by atomic mass is 32.2. The monoisotopic (exact) mass is 412 g/mol. The lowest BCUT2D eigenvalue weighted by Gasteiger charge is -2.17. The van der Waals surface area contributed by atoms with Crippen LogP contribution in [-0.2, 0) is 16.6 Å². The fourth-order valence-corrected chi connectivity index (χ4v) is 4.20. The van der Waals surface area contributed by atoms with Gasteiger partial charge in [-0.05, 0) is 44.2 Å². The van der Waals surface area contributed by atoms with E-state index >= 15 is 0 Å². The molecule has 3 rings (SSSR count). The zero-order valence-electron chi connectivity index (χ0n) is 16.6. The normalized spacial score (nSPS) is 11.6. The third-order valence-electron chi connectivity index (χ3n) is 4.21. The van der Waals surface area contributed by atoms with Crippen molar-refractivity contribution in [2.75, 3.05) is 7.05 Å². The molecule has 2 aromatic carbocycles. The Hall–Kier alpha value is -2.97. The Labute approximate surface area is 171 Å². The first kappa shape index (κ1) is 20.8. The number of carbonyl (C=O) groups is 1. The number of nitrogens with zero attached hydrogens (tertiary/aromatic N) is 3. The summed E-state index contributed by atoms with van der Waals surface area (Å²) in [5.74, 6) is -0.265. The molecule has 1 amide bonds. The van der Waals surface area contributed by atoms with Crippen LogP contribution < -0.4 is 4.72 Å². The number of hydrogen-bond donors (Lipinski definition) is 1. The van der Waals surface area contributed by atoms with Crippen LogP contribution >= 0.6 is 0 Å². The van der Waals surface area contributed by atoms with Crippen LogP contribution in [0.4, 0.5) is 0 Å². The fraction of sp³-hybridized carbons (Fsp3) is 0.238. The van der Waals surface area contributed by atoms with Crippen molar-refractivity contribution in [3.8, 4) is 5.69 Å². The van der Waals surface area contributed by atoms with Gasteiger partial charge in [-0.25, -0.2) is 17.8 Å². The van der Waals surface area contributed by atoms with E-state index in [0.29, 0.717) is 12.1 Å². The Morgan fingerprint density at radius 2 is 1.86 bits per heavy atom. The van der Waals surface area contributed by atoms with Crippen molar-refractivity contribution < 1.29 is 13.2 Å². The lowest BCUT2D eigenvalue weighted by atomic mass is 10.2. The van der Waals surface area contributed by atoms with Gasteiger partial charge in [-0.3, -0.25) is 4.79 Å². The van der Waals surface area contributed by atoms with Gasteiger partial charge in [-0.2, -0.15) is 5.10 Å². The minimum atomic E-state index is -3.66. The Bertz CT molecular complexity index is 1090. The topological polar surface area (TPSA) is 84.3 Å². The molecule has 0 spiro atoms. The van der Waals surface area contributed by atoms with E-state index in [1.165, 1.54) is 17.0 Å². The standard InChI is InChI=1S/C21H24N4O3S/c1-16(2)23-29(27,28)20-11-7-8-18(12-20)21(26)24(3)14-17-13-22-25(15-17)19-9-5-4-6-10-19/h4-13,15-16,23H,14H2,1-3H3. The minimum Gasteiger partial charge on any atom is -0.337 e. The predicted molar refractivity (Wildman–Crippen MR) is 111 cm³/mol. The van der Waals surface area contributed by atoms with Gasteiger partial charge in [-0.1, -0.05) is 24.3 Å². The summed E-state index contributed by atoms with van der Waals surface area (Å²) in [4.78, 5) is 14.4. The highest BCUT2D eigenvalue weighted by Crippen LogP contribution is 2.15. The molecule has 152 valence electrons. The molecule has 1 N–H and O–H groups in total. The minimum absolute atomic E-state index is 0.0716. The molecule has 3 aromatic rings. The van der Waals surface area contributed by atoms with E-state index < -0.39 is 10.0 Å². The molecule has 0 aliphatic rings. The van der Waals surface area contributed by atoms with E-state index in [1.54, 1.807) is 43.9 Å². The quantitative estimate of drug-likeness (QED) is 0.647. The average molecular weight is 413 g/mol. The van der Waals surface area contributed by atoms with Gasteiger partial charge in [0.1, 0.15) is 0 Å². The maximum Gasteiger partial charge on any atom is 0.253 e.